The van der Waals surface area contributed by atoms with Gasteiger partial charge in [-0.3, -0.25) is 4.79 Å². The molecule has 1 unspecified atom stereocenters. The van der Waals surface area contributed by atoms with Crippen LogP contribution in [0.1, 0.15) is 33.1 Å². The number of rotatable bonds is 3. The summed E-state index contributed by atoms with van der Waals surface area (Å²) in [7, 11) is 0. The molecule has 1 aliphatic rings. The summed E-state index contributed by atoms with van der Waals surface area (Å²) in [6.45, 7) is 8.26. The van der Waals surface area contributed by atoms with Crippen molar-refractivity contribution in [2.24, 2.45) is 29.4 Å². The quantitative estimate of drug-likeness (QED) is 0.690. The van der Waals surface area contributed by atoms with Gasteiger partial charge in [0.2, 0.25) is 5.91 Å². The minimum Gasteiger partial charge on any atom is -0.369 e. The van der Waals surface area contributed by atoms with Gasteiger partial charge in [-0.15, -0.1) is 6.58 Å². The second-order valence-corrected chi connectivity index (χ2v) is 4.65. The summed E-state index contributed by atoms with van der Waals surface area (Å²) in [4.78, 5) is 11.0. The Bertz CT molecular complexity index is 224. The van der Waals surface area contributed by atoms with E-state index in [-0.39, 0.29) is 11.8 Å². The van der Waals surface area contributed by atoms with Gasteiger partial charge in [-0.1, -0.05) is 19.9 Å². The summed E-state index contributed by atoms with van der Waals surface area (Å²) in [6.07, 6.45) is 5.05. The molecule has 1 fully saturated rings. The molecule has 1 rings (SSSR count). The van der Waals surface area contributed by atoms with Gasteiger partial charge in [0.1, 0.15) is 0 Å². The van der Waals surface area contributed by atoms with Gasteiger partial charge in [0, 0.05) is 5.92 Å². The number of hydrogen-bond acceptors (Lipinski definition) is 1. The molecule has 0 heterocycles. The fraction of sp³-hybridized carbons (Fsp3) is 0.750. The number of nitrogens with two attached hydrogens (primary N) is 1. The highest BCUT2D eigenvalue weighted by atomic mass is 16.1. The van der Waals surface area contributed by atoms with E-state index in [4.69, 9.17) is 5.73 Å². The first-order valence-corrected chi connectivity index (χ1v) is 5.48. The Morgan fingerprint density at radius 1 is 1.57 bits per heavy atom. The first kappa shape index (κ1) is 11.3. The molecule has 0 aromatic rings. The molecule has 0 aromatic carbocycles. The van der Waals surface area contributed by atoms with Crippen molar-refractivity contribution in [3.05, 3.63) is 12.7 Å². The maximum Gasteiger partial charge on any atom is 0.220 e. The van der Waals surface area contributed by atoms with E-state index >= 15 is 0 Å². The SMILES string of the molecule is C=C[C@@H](C)[C@@H]1CCC(C(N)=O)C[C@@H]1C. The van der Waals surface area contributed by atoms with E-state index in [2.05, 4.69) is 20.4 Å². The largest absolute Gasteiger partial charge is 0.369 e. The minimum absolute atomic E-state index is 0.110. The van der Waals surface area contributed by atoms with Gasteiger partial charge >= 0.3 is 0 Å². The molecule has 4 atom stereocenters. The van der Waals surface area contributed by atoms with E-state index in [1.54, 1.807) is 0 Å². The zero-order valence-electron chi connectivity index (χ0n) is 9.20. The van der Waals surface area contributed by atoms with Crippen LogP contribution in [0, 0.1) is 23.7 Å². The lowest BCUT2D eigenvalue weighted by Crippen LogP contribution is -2.33. The van der Waals surface area contributed by atoms with Crippen molar-refractivity contribution < 1.29 is 4.79 Å². The van der Waals surface area contributed by atoms with Crippen LogP contribution < -0.4 is 5.73 Å². The van der Waals surface area contributed by atoms with Crippen molar-refractivity contribution >= 4 is 5.91 Å². The molecule has 0 spiro atoms. The Balaban J connectivity index is 2.55. The molecule has 0 aromatic heterocycles. The van der Waals surface area contributed by atoms with Crippen molar-refractivity contribution in [2.45, 2.75) is 33.1 Å². The number of carbonyl (C=O) groups excluding carboxylic acids is 1. The molecule has 2 nitrogen and oxygen atoms in total. The van der Waals surface area contributed by atoms with Crippen molar-refractivity contribution in [1.82, 2.24) is 0 Å². The van der Waals surface area contributed by atoms with Gasteiger partial charge in [0.25, 0.3) is 0 Å². The number of amides is 1. The Morgan fingerprint density at radius 3 is 2.64 bits per heavy atom. The highest BCUT2D eigenvalue weighted by Gasteiger charge is 2.32. The van der Waals surface area contributed by atoms with Gasteiger partial charge in [-0.25, -0.2) is 0 Å². The molecule has 0 aliphatic heterocycles. The van der Waals surface area contributed by atoms with Gasteiger partial charge in [-0.05, 0) is 37.0 Å². The van der Waals surface area contributed by atoms with Crippen molar-refractivity contribution in [3.8, 4) is 0 Å². The molecule has 0 saturated heterocycles. The average molecular weight is 195 g/mol. The Labute approximate surface area is 86.6 Å². The summed E-state index contributed by atoms with van der Waals surface area (Å²) >= 11 is 0. The normalized spacial score (nSPS) is 34.9. The lowest BCUT2D eigenvalue weighted by atomic mass is 9.70. The van der Waals surface area contributed by atoms with Gasteiger partial charge < -0.3 is 5.73 Å². The summed E-state index contributed by atoms with van der Waals surface area (Å²) in [5.41, 5.74) is 5.32. The maximum absolute atomic E-state index is 11.0. The summed E-state index contributed by atoms with van der Waals surface area (Å²) < 4.78 is 0. The molecule has 80 valence electrons. The predicted molar refractivity (Wildman–Crippen MR) is 58.6 cm³/mol. The van der Waals surface area contributed by atoms with Gasteiger partial charge in [0.15, 0.2) is 0 Å². The fourth-order valence-electron chi connectivity index (χ4n) is 2.63. The van der Waals surface area contributed by atoms with Crippen LogP contribution in [0.15, 0.2) is 12.7 Å². The van der Waals surface area contributed by atoms with Crippen molar-refractivity contribution in [2.75, 3.05) is 0 Å². The van der Waals surface area contributed by atoms with E-state index in [1.807, 2.05) is 6.08 Å². The van der Waals surface area contributed by atoms with E-state index < -0.39 is 0 Å². The van der Waals surface area contributed by atoms with Gasteiger partial charge in [0.05, 0.1) is 0 Å². The van der Waals surface area contributed by atoms with E-state index in [9.17, 15) is 4.79 Å². The molecule has 2 N–H and O–H groups in total. The first-order chi connectivity index (χ1) is 6.56. The zero-order chi connectivity index (χ0) is 10.7. The lowest BCUT2D eigenvalue weighted by molar-refractivity contribution is -0.123. The summed E-state index contributed by atoms with van der Waals surface area (Å²) in [6, 6.07) is 0. The van der Waals surface area contributed by atoms with Crippen LogP contribution in [-0.2, 0) is 4.79 Å². The number of hydrogen-bond donors (Lipinski definition) is 1. The van der Waals surface area contributed by atoms with E-state index in [1.165, 1.54) is 0 Å². The number of primary amides is 1. The third kappa shape index (κ3) is 2.37. The van der Waals surface area contributed by atoms with Crippen molar-refractivity contribution in [1.29, 1.82) is 0 Å². The number of carbonyl (C=O) groups is 1. The minimum atomic E-state index is -0.124. The Kier molecular flexibility index (Phi) is 3.73. The molecule has 2 heteroatoms. The van der Waals surface area contributed by atoms with Gasteiger partial charge in [-0.2, -0.15) is 0 Å². The van der Waals surface area contributed by atoms with Crippen LogP contribution in [0.5, 0.6) is 0 Å². The molecule has 0 bridgehead atoms. The Hall–Kier alpha value is -0.790. The zero-order valence-corrected chi connectivity index (χ0v) is 9.20. The van der Waals surface area contributed by atoms with Crippen molar-refractivity contribution in [3.63, 3.8) is 0 Å². The summed E-state index contributed by atoms with van der Waals surface area (Å²) in [5, 5.41) is 0. The second kappa shape index (κ2) is 4.63. The van der Waals surface area contributed by atoms with Crippen LogP contribution in [0.25, 0.3) is 0 Å². The van der Waals surface area contributed by atoms with Crippen LogP contribution in [0.3, 0.4) is 0 Å². The first-order valence-electron chi connectivity index (χ1n) is 5.48. The standard InChI is InChI=1S/C12H21NO/c1-4-8(2)11-6-5-10(12(13)14)7-9(11)3/h4,8-11H,1,5-7H2,2-3H3,(H2,13,14)/t8-,9+,10?,11+/m1/s1. The molecule has 0 radical (unpaired) electrons. The molecule has 14 heavy (non-hydrogen) atoms. The lowest BCUT2D eigenvalue weighted by Gasteiger charge is -2.35. The molecular formula is C12H21NO. The molecule has 1 saturated carbocycles. The average Bonchev–Trinajstić information content (AvgIpc) is 2.16. The molecule has 1 amide bonds. The van der Waals surface area contributed by atoms with Crippen LogP contribution in [-0.4, -0.2) is 5.91 Å². The fourth-order valence-corrected chi connectivity index (χ4v) is 2.63. The topological polar surface area (TPSA) is 43.1 Å². The maximum atomic E-state index is 11.0. The predicted octanol–water partition coefficient (Wildman–Crippen LogP) is 2.35. The summed E-state index contributed by atoms with van der Waals surface area (Å²) in [5.74, 6) is 1.82. The smallest absolute Gasteiger partial charge is 0.220 e. The molecular weight excluding hydrogens is 174 g/mol. The highest BCUT2D eigenvalue weighted by molar-refractivity contribution is 5.76. The van der Waals surface area contributed by atoms with Crippen LogP contribution in [0.4, 0.5) is 0 Å². The van der Waals surface area contributed by atoms with E-state index in [0.29, 0.717) is 17.8 Å². The third-order valence-corrected chi connectivity index (χ3v) is 3.69. The molecule has 1 aliphatic carbocycles. The third-order valence-electron chi connectivity index (χ3n) is 3.69. The monoisotopic (exact) mass is 195 g/mol. The highest BCUT2D eigenvalue weighted by Crippen LogP contribution is 2.38. The van der Waals surface area contributed by atoms with Crippen LogP contribution in [0.2, 0.25) is 0 Å². The Morgan fingerprint density at radius 2 is 2.21 bits per heavy atom. The number of allylic oxidation sites excluding steroid dienone is 1. The van der Waals surface area contributed by atoms with E-state index in [0.717, 1.165) is 19.3 Å². The second-order valence-electron chi connectivity index (χ2n) is 4.65. The van der Waals surface area contributed by atoms with Crippen LogP contribution >= 0.6 is 0 Å².